The van der Waals surface area contributed by atoms with E-state index in [1.165, 1.54) is 11.3 Å². The van der Waals surface area contributed by atoms with Gasteiger partial charge in [-0.2, -0.15) is 4.98 Å². The second-order valence-electron chi connectivity index (χ2n) is 6.41. The van der Waals surface area contributed by atoms with Gasteiger partial charge in [-0.25, -0.2) is 4.52 Å². The van der Waals surface area contributed by atoms with Crippen molar-refractivity contribution in [3.8, 4) is 22.8 Å². The third-order valence-electron chi connectivity index (χ3n) is 4.35. The van der Waals surface area contributed by atoms with E-state index in [1.54, 1.807) is 35.9 Å². The van der Waals surface area contributed by atoms with Gasteiger partial charge in [-0.1, -0.05) is 23.7 Å². The van der Waals surface area contributed by atoms with Crippen LogP contribution in [-0.2, 0) is 4.79 Å². The summed E-state index contributed by atoms with van der Waals surface area (Å²) in [5.41, 5.74) is 1.77. The molecule has 7 nitrogen and oxygen atoms in total. The Labute approximate surface area is 182 Å². The number of para-hydroxylation sites is 1. The fraction of sp³-hybridized carbons (Fsp3) is 0.190. The molecule has 0 unspecified atom stereocenters. The summed E-state index contributed by atoms with van der Waals surface area (Å²) >= 11 is 7.29. The van der Waals surface area contributed by atoms with E-state index in [-0.39, 0.29) is 11.9 Å². The number of amides is 1. The van der Waals surface area contributed by atoms with E-state index in [0.717, 1.165) is 22.8 Å². The number of aromatic nitrogens is 3. The maximum absolute atomic E-state index is 12.2. The number of fused-ring (bicyclic) bond motifs is 1. The molecule has 2 heterocycles. The van der Waals surface area contributed by atoms with Crippen molar-refractivity contribution in [1.82, 2.24) is 14.6 Å². The maximum atomic E-state index is 12.2. The number of thiazole rings is 1. The molecule has 0 saturated heterocycles. The van der Waals surface area contributed by atoms with E-state index >= 15 is 0 Å². The number of anilines is 1. The Balaban J connectivity index is 1.35. The first kappa shape index (κ1) is 20.2. The molecular formula is C21H19ClN4O3S. The lowest BCUT2D eigenvalue weighted by Crippen LogP contribution is -2.14. The molecule has 0 atom stereocenters. The summed E-state index contributed by atoms with van der Waals surface area (Å²) in [6.45, 7) is 0.429. The van der Waals surface area contributed by atoms with Crippen molar-refractivity contribution in [3.05, 3.63) is 58.9 Å². The molecule has 4 rings (SSSR count). The molecule has 0 aliphatic carbocycles. The Morgan fingerprint density at radius 1 is 1.20 bits per heavy atom. The van der Waals surface area contributed by atoms with Crippen molar-refractivity contribution < 1.29 is 14.3 Å². The molecule has 0 radical (unpaired) electrons. The molecular weight excluding hydrogens is 424 g/mol. The molecule has 0 spiro atoms. The number of nitrogens with one attached hydrogen (secondary N) is 1. The Hall–Kier alpha value is -3.10. The van der Waals surface area contributed by atoms with E-state index in [9.17, 15) is 4.79 Å². The first-order chi connectivity index (χ1) is 14.6. The zero-order chi connectivity index (χ0) is 20.9. The van der Waals surface area contributed by atoms with E-state index in [0.29, 0.717) is 29.4 Å². The van der Waals surface area contributed by atoms with Crippen LogP contribution in [0.25, 0.3) is 16.2 Å². The summed E-state index contributed by atoms with van der Waals surface area (Å²) < 4.78 is 12.7. The predicted octanol–water partition coefficient (Wildman–Crippen LogP) is 4.92. The highest BCUT2D eigenvalue weighted by molar-refractivity contribution is 7.15. The minimum Gasteiger partial charge on any atom is -0.496 e. The lowest BCUT2D eigenvalue weighted by atomic mass is 10.1. The molecule has 0 aliphatic heterocycles. The maximum Gasteiger partial charge on any atom is 0.250 e. The highest BCUT2D eigenvalue weighted by atomic mass is 35.5. The molecule has 2 aromatic carbocycles. The summed E-state index contributed by atoms with van der Waals surface area (Å²) in [6.07, 6.45) is 0.878. The lowest BCUT2D eigenvalue weighted by Gasteiger charge is -2.06. The zero-order valence-electron chi connectivity index (χ0n) is 16.2. The number of hydrogen-bond donors (Lipinski definition) is 1. The van der Waals surface area contributed by atoms with Crippen LogP contribution in [0.4, 0.5) is 5.95 Å². The van der Waals surface area contributed by atoms with E-state index in [2.05, 4.69) is 15.4 Å². The predicted molar refractivity (Wildman–Crippen MR) is 118 cm³/mol. The van der Waals surface area contributed by atoms with E-state index in [4.69, 9.17) is 21.1 Å². The van der Waals surface area contributed by atoms with Crippen LogP contribution >= 0.6 is 22.9 Å². The van der Waals surface area contributed by atoms with Gasteiger partial charge in [-0.3, -0.25) is 10.1 Å². The summed E-state index contributed by atoms with van der Waals surface area (Å²) in [5, 5.41) is 9.81. The Bertz CT molecular complexity index is 1160. The number of halogens is 1. The summed E-state index contributed by atoms with van der Waals surface area (Å²) in [7, 11) is 1.63. The van der Waals surface area contributed by atoms with Crippen molar-refractivity contribution in [3.63, 3.8) is 0 Å². The zero-order valence-corrected chi connectivity index (χ0v) is 17.7. The van der Waals surface area contributed by atoms with Gasteiger partial charge >= 0.3 is 0 Å². The molecule has 1 amide bonds. The third-order valence-corrected chi connectivity index (χ3v) is 5.41. The third kappa shape index (κ3) is 4.55. The van der Waals surface area contributed by atoms with Crippen LogP contribution in [0.5, 0.6) is 11.5 Å². The number of benzene rings is 2. The molecule has 4 aromatic rings. The topological polar surface area (TPSA) is 77.8 Å². The fourth-order valence-corrected chi connectivity index (χ4v) is 3.87. The summed E-state index contributed by atoms with van der Waals surface area (Å²) in [6, 6.07) is 14.8. The Morgan fingerprint density at radius 2 is 2.00 bits per heavy atom. The number of carbonyl (C=O) groups excluding carboxylic acids is 1. The van der Waals surface area contributed by atoms with Gasteiger partial charge in [0.05, 0.1) is 19.4 Å². The molecule has 0 saturated carbocycles. The second-order valence-corrected chi connectivity index (χ2v) is 7.68. The van der Waals surface area contributed by atoms with Gasteiger partial charge in [0.1, 0.15) is 11.5 Å². The number of ether oxygens (including phenoxy) is 2. The van der Waals surface area contributed by atoms with Crippen LogP contribution in [0.3, 0.4) is 0 Å². The largest absolute Gasteiger partial charge is 0.496 e. The summed E-state index contributed by atoms with van der Waals surface area (Å²) in [5.74, 6) is 1.59. The number of carbonyl (C=O) groups is 1. The Kier molecular flexibility index (Phi) is 6.15. The number of rotatable bonds is 8. The van der Waals surface area contributed by atoms with Crippen molar-refractivity contribution >= 4 is 39.8 Å². The van der Waals surface area contributed by atoms with Gasteiger partial charge in [-0.05, 0) is 42.8 Å². The molecule has 0 aliphatic rings. The summed E-state index contributed by atoms with van der Waals surface area (Å²) in [4.78, 5) is 17.3. The Morgan fingerprint density at radius 3 is 2.80 bits per heavy atom. The van der Waals surface area contributed by atoms with Gasteiger partial charge in [0, 0.05) is 22.4 Å². The molecule has 9 heteroatoms. The van der Waals surface area contributed by atoms with Gasteiger partial charge in [0.25, 0.3) is 0 Å². The first-order valence-electron chi connectivity index (χ1n) is 9.30. The molecule has 0 bridgehead atoms. The molecule has 154 valence electrons. The first-order valence-corrected chi connectivity index (χ1v) is 10.6. The minimum atomic E-state index is -0.160. The van der Waals surface area contributed by atoms with Crippen LogP contribution in [0.15, 0.2) is 53.9 Å². The monoisotopic (exact) mass is 442 g/mol. The van der Waals surface area contributed by atoms with Crippen LogP contribution in [0, 0.1) is 0 Å². The quantitative estimate of drug-likeness (QED) is 0.392. The molecule has 1 N–H and O–H groups in total. The molecule has 0 fully saturated rings. The fourth-order valence-electron chi connectivity index (χ4n) is 2.92. The SMILES string of the molecule is COc1ccccc1-c1csc2nc(NC(=O)CCCOc3ccc(Cl)cc3)nn12. The minimum absolute atomic E-state index is 0.160. The number of hydrogen-bond acceptors (Lipinski definition) is 6. The molecule has 2 aromatic heterocycles. The van der Waals surface area contributed by atoms with Gasteiger partial charge in [-0.15, -0.1) is 16.4 Å². The smallest absolute Gasteiger partial charge is 0.250 e. The van der Waals surface area contributed by atoms with Crippen molar-refractivity contribution in [1.29, 1.82) is 0 Å². The van der Waals surface area contributed by atoms with Crippen LogP contribution in [0.1, 0.15) is 12.8 Å². The van der Waals surface area contributed by atoms with Crippen LogP contribution < -0.4 is 14.8 Å². The average Bonchev–Trinajstić information content (AvgIpc) is 3.32. The second kappa shape index (κ2) is 9.15. The number of nitrogens with zero attached hydrogens (tertiary/aromatic N) is 3. The van der Waals surface area contributed by atoms with Crippen molar-refractivity contribution in [2.24, 2.45) is 0 Å². The van der Waals surface area contributed by atoms with Gasteiger partial charge in [0.2, 0.25) is 16.8 Å². The molecule has 30 heavy (non-hydrogen) atoms. The van der Waals surface area contributed by atoms with Crippen molar-refractivity contribution in [2.75, 3.05) is 19.0 Å². The van der Waals surface area contributed by atoms with E-state index in [1.807, 2.05) is 29.6 Å². The standard InChI is InChI=1S/C21H19ClN4O3S/c1-28-18-6-3-2-5-16(18)17-13-30-21-24-20(25-26(17)21)23-19(27)7-4-12-29-15-10-8-14(22)9-11-15/h2-3,5-6,8-11,13H,4,7,12H2,1H3,(H,23,25,27). The highest BCUT2D eigenvalue weighted by Crippen LogP contribution is 2.32. The lowest BCUT2D eigenvalue weighted by molar-refractivity contribution is -0.116. The normalized spacial score (nSPS) is 10.9. The van der Waals surface area contributed by atoms with Crippen LogP contribution in [0.2, 0.25) is 5.02 Å². The van der Waals surface area contributed by atoms with Crippen molar-refractivity contribution in [2.45, 2.75) is 12.8 Å². The number of methoxy groups -OCH3 is 1. The average molecular weight is 443 g/mol. The van der Waals surface area contributed by atoms with E-state index < -0.39 is 0 Å². The van der Waals surface area contributed by atoms with Gasteiger partial charge in [0.15, 0.2) is 0 Å². The van der Waals surface area contributed by atoms with Crippen LogP contribution in [-0.4, -0.2) is 34.2 Å². The van der Waals surface area contributed by atoms with Gasteiger partial charge < -0.3 is 9.47 Å². The highest BCUT2D eigenvalue weighted by Gasteiger charge is 2.15.